The fraction of sp³-hybridized carbons (Fsp3) is 0.615. The second-order valence-electron chi connectivity index (χ2n) is 5.08. The molecule has 0 aromatic carbocycles. The summed E-state index contributed by atoms with van der Waals surface area (Å²) in [5.74, 6) is 1.02. The van der Waals surface area contributed by atoms with Gasteiger partial charge in [0.2, 0.25) is 0 Å². The van der Waals surface area contributed by atoms with Crippen molar-refractivity contribution in [3.63, 3.8) is 0 Å². The van der Waals surface area contributed by atoms with E-state index in [0.29, 0.717) is 17.6 Å². The molecular formula is C13H19ClN4. The quantitative estimate of drug-likeness (QED) is 0.881. The Morgan fingerprint density at radius 1 is 1.33 bits per heavy atom. The van der Waals surface area contributed by atoms with Crippen LogP contribution in [0.2, 0.25) is 5.02 Å². The van der Waals surface area contributed by atoms with E-state index < -0.39 is 0 Å². The number of fused-ring (bicyclic) bond motifs is 1. The summed E-state index contributed by atoms with van der Waals surface area (Å²) in [5, 5.41) is 0.667. The largest absolute Gasteiger partial charge is 0.354 e. The molecule has 2 aliphatic rings. The highest BCUT2D eigenvalue weighted by Gasteiger charge is 2.31. The topological polar surface area (TPSA) is 45.4 Å². The second kappa shape index (κ2) is 5.03. The van der Waals surface area contributed by atoms with Crippen LogP contribution in [0, 0.1) is 0 Å². The van der Waals surface area contributed by atoms with Gasteiger partial charge in [0.05, 0.1) is 10.7 Å². The molecule has 18 heavy (non-hydrogen) atoms. The van der Waals surface area contributed by atoms with Gasteiger partial charge < -0.3 is 10.6 Å². The van der Waals surface area contributed by atoms with E-state index in [9.17, 15) is 0 Å². The molecule has 0 spiro atoms. The van der Waals surface area contributed by atoms with Crippen LogP contribution in [-0.2, 0) is 6.54 Å². The first-order valence-electron chi connectivity index (χ1n) is 6.62. The fourth-order valence-corrected chi connectivity index (χ4v) is 3.17. The lowest BCUT2D eigenvalue weighted by Crippen LogP contribution is -2.50. The molecular weight excluding hydrogens is 248 g/mol. The van der Waals surface area contributed by atoms with Crippen LogP contribution in [0.4, 0.5) is 5.82 Å². The van der Waals surface area contributed by atoms with Crippen molar-refractivity contribution in [1.82, 2.24) is 9.88 Å². The molecule has 98 valence electrons. The monoisotopic (exact) mass is 266 g/mol. The minimum atomic E-state index is 0.399. The molecule has 2 saturated heterocycles. The number of nitrogens with zero attached hydrogens (tertiary/aromatic N) is 3. The molecule has 1 atom stereocenters. The van der Waals surface area contributed by atoms with E-state index in [1.54, 1.807) is 0 Å². The highest BCUT2D eigenvalue weighted by atomic mass is 35.5. The van der Waals surface area contributed by atoms with Crippen molar-refractivity contribution in [1.29, 1.82) is 0 Å². The summed E-state index contributed by atoms with van der Waals surface area (Å²) in [6.45, 7) is 4.94. The predicted molar refractivity (Wildman–Crippen MR) is 73.9 cm³/mol. The molecule has 2 N–H and O–H groups in total. The molecule has 3 heterocycles. The van der Waals surface area contributed by atoms with Crippen LogP contribution < -0.4 is 10.6 Å². The van der Waals surface area contributed by atoms with Gasteiger partial charge in [-0.05, 0) is 31.5 Å². The predicted octanol–water partition coefficient (Wildman–Crippen LogP) is 1.48. The molecule has 5 heteroatoms. The second-order valence-corrected chi connectivity index (χ2v) is 5.49. The van der Waals surface area contributed by atoms with Gasteiger partial charge in [-0.25, -0.2) is 4.98 Å². The number of halogens is 1. The van der Waals surface area contributed by atoms with Gasteiger partial charge in [0.1, 0.15) is 5.82 Å². The lowest BCUT2D eigenvalue weighted by atomic mass is 10.1. The molecule has 2 fully saturated rings. The number of anilines is 1. The molecule has 3 rings (SSSR count). The average Bonchev–Trinajstić information content (AvgIpc) is 2.86. The molecule has 0 amide bonds. The van der Waals surface area contributed by atoms with Crippen LogP contribution in [0.25, 0.3) is 0 Å². The summed E-state index contributed by atoms with van der Waals surface area (Å²) in [6.07, 6.45) is 2.65. The molecule has 1 unspecified atom stereocenters. The highest BCUT2D eigenvalue weighted by molar-refractivity contribution is 6.31. The molecule has 0 aliphatic carbocycles. The van der Waals surface area contributed by atoms with E-state index in [-0.39, 0.29) is 0 Å². The van der Waals surface area contributed by atoms with E-state index in [4.69, 9.17) is 17.3 Å². The third-order valence-electron chi connectivity index (χ3n) is 4.01. The standard InChI is InChI=1S/C13H19ClN4/c14-11-3-4-13(16-12(11)8-15)18-7-6-17-5-1-2-10(17)9-18/h3-4,10H,1-2,5-9,15H2. The Bertz CT molecular complexity index is 437. The fourth-order valence-electron chi connectivity index (χ4n) is 2.99. The number of hydrogen-bond donors (Lipinski definition) is 1. The molecule has 1 aromatic heterocycles. The molecule has 0 bridgehead atoms. The summed E-state index contributed by atoms with van der Waals surface area (Å²) >= 11 is 6.06. The van der Waals surface area contributed by atoms with Gasteiger partial charge in [0.25, 0.3) is 0 Å². The van der Waals surface area contributed by atoms with Gasteiger partial charge in [-0.15, -0.1) is 0 Å². The number of rotatable bonds is 2. The van der Waals surface area contributed by atoms with Crippen molar-refractivity contribution >= 4 is 17.4 Å². The lowest BCUT2D eigenvalue weighted by molar-refractivity contribution is 0.230. The Hall–Kier alpha value is -0.840. The SMILES string of the molecule is NCc1nc(N2CCN3CCCC3C2)ccc1Cl. The highest BCUT2D eigenvalue weighted by Crippen LogP contribution is 2.25. The lowest BCUT2D eigenvalue weighted by Gasteiger charge is -2.38. The summed E-state index contributed by atoms with van der Waals surface area (Å²) in [4.78, 5) is 9.54. The van der Waals surface area contributed by atoms with Gasteiger partial charge in [-0.2, -0.15) is 0 Å². The van der Waals surface area contributed by atoms with Gasteiger partial charge in [0.15, 0.2) is 0 Å². The first-order chi connectivity index (χ1) is 8.78. The van der Waals surface area contributed by atoms with Crippen molar-refractivity contribution in [2.75, 3.05) is 31.1 Å². The van der Waals surface area contributed by atoms with Gasteiger partial charge in [-0.1, -0.05) is 11.6 Å². The van der Waals surface area contributed by atoms with E-state index in [1.807, 2.05) is 12.1 Å². The van der Waals surface area contributed by atoms with Crippen LogP contribution in [0.5, 0.6) is 0 Å². The van der Waals surface area contributed by atoms with E-state index in [0.717, 1.165) is 31.1 Å². The average molecular weight is 267 g/mol. The molecule has 0 radical (unpaired) electrons. The van der Waals surface area contributed by atoms with Gasteiger partial charge >= 0.3 is 0 Å². The third kappa shape index (κ3) is 2.20. The number of pyridine rings is 1. The summed E-state index contributed by atoms with van der Waals surface area (Å²) in [6, 6.07) is 4.62. The number of aromatic nitrogens is 1. The van der Waals surface area contributed by atoms with E-state index in [2.05, 4.69) is 14.8 Å². The molecule has 0 saturated carbocycles. The maximum Gasteiger partial charge on any atom is 0.129 e. The Kier molecular flexibility index (Phi) is 3.41. The molecule has 2 aliphatic heterocycles. The Balaban J connectivity index is 1.78. The normalized spacial score (nSPS) is 24.3. The minimum Gasteiger partial charge on any atom is -0.354 e. The first-order valence-corrected chi connectivity index (χ1v) is 7.00. The Morgan fingerprint density at radius 3 is 3.06 bits per heavy atom. The molecule has 1 aromatic rings. The molecule has 4 nitrogen and oxygen atoms in total. The van der Waals surface area contributed by atoms with Crippen LogP contribution in [0.3, 0.4) is 0 Å². The maximum atomic E-state index is 6.06. The summed E-state index contributed by atoms with van der Waals surface area (Å²) in [7, 11) is 0. The van der Waals surface area contributed by atoms with E-state index >= 15 is 0 Å². The van der Waals surface area contributed by atoms with Crippen molar-refractivity contribution in [3.8, 4) is 0 Å². The van der Waals surface area contributed by atoms with Gasteiger partial charge in [0, 0.05) is 32.2 Å². The van der Waals surface area contributed by atoms with Crippen LogP contribution in [-0.4, -0.2) is 42.1 Å². The van der Waals surface area contributed by atoms with Crippen molar-refractivity contribution in [2.45, 2.75) is 25.4 Å². The number of nitrogens with two attached hydrogens (primary N) is 1. The zero-order valence-corrected chi connectivity index (χ0v) is 11.2. The van der Waals surface area contributed by atoms with Gasteiger partial charge in [-0.3, -0.25) is 4.90 Å². The third-order valence-corrected chi connectivity index (χ3v) is 4.35. The van der Waals surface area contributed by atoms with E-state index in [1.165, 1.54) is 19.4 Å². The Labute approximate surface area is 113 Å². The van der Waals surface area contributed by atoms with Crippen molar-refractivity contribution in [2.24, 2.45) is 5.73 Å². The zero-order chi connectivity index (χ0) is 12.5. The summed E-state index contributed by atoms with van der Waals surface area (Å²) < 4.78 is 0. The maximum absolute atomic E-state index is 6.06. The van der Waals surface area contributed by atoms with Crippen LogP contribution in [0.15, 0.2) is 12.1 Å². The number of piperazine rings is 1. The zero-order valence-electron chi connectivity index (χ0n) is 10.5. The first kappa shape index (κ1) is 12.2. The van der Waals surface area contributed by atoms with Crippen molar-refractivity contribution < 1.29 is 0 Å². The van der Waals surface area contributed by atoms with Crippen LogP contribution in [0.1, 0.15) is 18.5 Å². The number of hydrogen-bond acceptors (Lipinski definition) is 4. The van der Waals surface area contributed by atoms with Crippen molar-refractivity contribution in [3.05, 3.63) is 22.8 Å². The smallest absolute Gasteiger partial charge is 0.129 e. The minimum absolute atomic E-state index is 0.399. The Morgan fingerprint density at radius 2 is 2.22 bits per heavy atom. The van der Waals surface area contributed by atoms with Crippen LogP contribution >= 0.6 is 11.6 Å². The summed E-state index contributed by atoms with van der Waals surface area (Å²) in [5.41, 5.74) is 6.46.